The Kier molecular flexibility index (Phi) is 3.84. The van der Waals surface area contributed by atoms with Gasteiger partial charge in [0.2, 0.25) is 17.7 Å². The normalized spacial score (nSPS) is 37.0. The summed E-state index contributed by atoms with van der Waals surface area (Å²) in [7, 11) is 0. The molecule has 1 aromatic carbocycles. The molecule has 1 saturated heterocycles. The van der Waals surface area contributed by atoms with E-state index in [2.05, 4.69) is 37.2 Å². The molecule has 1 aromatic rings. The molecule has 3 aliphatic rings. The number of alkyl halides is 2. The minimum absolute atomic E-state index is 0.0892. The van der Waals surface area contributed by atoms with Crippen molar-refractivity contribution in [1.82, 2.24) is 0 Å². The largest absolute Gasteiger partial charge is 0.326 e. The maximum atomic E-state index is 12.9. The summed E-state index contributed by atoms with van der Waals surface area (Å²) < 4.78 is 0. The number of carbonyl (C=O) groups is 3. The molecule has 1 N–H and O–H groups in total. The number of hydrogen-bond acceptors (Lipinski definition) is 3. The van der Waals surface area contributed by atoms with Crippen LogP contribution in [-0.2, 0) is 14.4 Å². The summed E-state index contributed by atoms with van der Waals surface area (Å²) in [6, 6.07) is 6.84. The summed E-state index contributed by atoms with van der Waals surface area (Å²) in [5, 5.41) is 2.68. The van der Waals surface area contributed by atoms with Crippen LogP contribution in [0.1, 0.15) is 13.3 Å². The van der Waals surface area contributed by atoms with Crippen molar-refractivity contribution in [2.75, 3.05) is 10.2 Å². The van der Waals surface area contributed by atoms with Gasteiger partial charge in [0.05, 0.1) is 17.5 Å². The maximum Gasteiger partial charge on any atom is 0.238 e. The van der Waals surface area contributed by atoms with Gasteiger partial charge in [0, 0.05) is 22.3 Å². The average molecular weight is 456 g/mol. The van der Waals surface area contributed by atoms with E-state index in [1.54, 1.807) is 24.3 Å². The zero-order valence-electron chi connectivity index (χ0n) is 12.9. The molecular weight excluding hydrogens is 440 g/mol. The molecule has 0 spiro atoms. The summed E-state index contributed by atoms with van der Waals surface area (Å²) in [5.74, 6) is -0.337. The van der Waals surface area contributed by atoms with Gasteiger partial charge in [0.15, 0.2) is 0 Å². The predicted octanol–water partition coefficient (Wildman–Crippen LogP) is 2.93. The van der Waals surface area contributed by atoms with Gasteiger partial charge >= 0.3 is 0 Å². The molecule has 126 valence electrons. The molecule has 0 radical (unpaired) electrons. The van der Waals surface area contributed by atoms with Crippen molar-refractivity contribution in [3.8, 4) is 0 Å². The highest BCUT2D eigenvalue weighted by Crippen LogP contribution is 2.60. The number of fused-ring (bicyclic) bond motifs is 5. The molecule has 0 unspecified atom stereocenters. The first kappa shape index (κ1) is 16.3. The van der Waals surface area contributed by atoms with Crippen LogP contribution in [0.5, 0.6) is 0 Å². The highest BCUT2D eigenvalue weighted by atomic mass is 79.9. The highest BCUT2D eigenvalue weighted by molar-refractivity contribution is 9.12. The lowest BCUT2D eigenvalue weighted by Gasteiger charge is -2.28. The van der Waals surface area contributed by atoms with Gasteiger partial charge in [-0.1, -0.05) is 31.9 Å². The Morgan fingerprint density at radius 2 is 1.54 bits per heavy atom. The molecule has 2 aliphatic carbocycles. The molecule has 3 amide bonds. The minimum atomic E-state index is -0.212. The molecule has 6 atom stereocenters. The Balaban J connectivity index is 1.63. The van der Waals surface area contributed by atoms with Crippen LogP contribution in [0.4, 0.5) is 11.4 Å². The van der Waals surface area contributed by atoms with Crippen LogP contribution in [0.3, 0.4) is 0 Å². The van der Waals surface area contributed by atoms with Gasteiger partial charge in [-0.3, -0.25) is 19.3 Å². The monoisotopic (exact) mass is 454 g/mol. The molecule has 4 rings (SSSR count). The predicted molar refractivity (Wildman–Crippen MR) is 97.2 cm³/mol. The number of amides is 3. The first-order chi connectivity index (χ1) is 11.4. The first-order valence-corrected chi connectivity index (χ1v) is 9.77. The van der Waals surface area contributed by atoms with Crippen molar-refractivity contribution in [2.24, 2.45) is 23.7 Å². The van der Waals surface area contributed by atoms with Crippen LogP contribution >= 0.6 is 31.9 Å². The standard InChI is InChI=1S/C17H16Br2N2O3/c1-7(22)20-8-2-4-9(5-3-8)21-16(23)12-10-6-11(13(12)17(21)24)15(19)14(10)18/h2-5,10-15H,6H2,1H3,(H,20,22)/t10-,11-,12-,13-,14-,15+/m0/s1. The van der Waals surface area contributed by atoms with Crippen molar-refractivity contribution in [1.29, 1.82) is 0 Å². The van der Waals surface area contributed by atoms with Crippen molar-refractivity contribution in [3.63, 3.8) is 0 Å². The SMILES string of the molecule is CC(=O)Nc1ccc(N2C(=O)[C@H]3[C@@H]4C[C@H]([C@@H](Br)[C@H]4Br)[C@@H]3C2=O)cc1. The van der Waals surface area contributed by atoms with E-state index in [0.717, 1.165) is 6.42 Å². The van der Waals surface area contributed by atoms with Crippen molar-refractivity contribution >= 4 is 61.0 Å². The third kappa shape index (κ3) is 2.20. The first-order valence-electron chi connectivity index (χ1n) is 7.93. The lowest BCUT2D eigenvalue weighted by atomic mass is 9.81. The second kappa shape index (κ2) is 5.66. The summed E-state index contributed by atoms with van der Waals surface area (Å²) in [5.41, 5.74) is 1.22. The Bertz CT molecular complexity index is 704. The lowest BCUT2D eigenvalue weighted by molar-refractivity contribution is -0.123. The fourth-order valence-corrected chi connectivity index (χ4v) is 6.37. The van der Waals surface area contributed by atoms with Gasteiger partial charge in [-0.25, -0.2) is 0 Å². The van der Waals surface area contributed by atoms with Gasteiger partial charge in [0.1, 0.15) is 0 Å². The number of hydrogen-bond donors (Lipinski definition) is 1. The summed E-state index contributed by atoms with van der Waals surface area (Å²) in [6.45, 7) is 1.44. The Morgan fingerprint density at radius 1 is 1.04 bits per heavy atom. The van der Waals surface area contributed by atoms with Gasteiger partial charge in [0.25, 0.3) is 0 Å². The summed E-state index contributed by atoms with van der Waals surface area (Å²) >= 11 is 7.37. The van der Waals surface area contributed by atoms with E-state index in [1.807, 2.05) is 0 Å². The van der Waals surface area contributed by atoms with Crippen molar-refractivity contribution < 1.29 is 14.4 Å². The number of nitrogens with one attached hydrogen (secondary N) is 1. The number of anilines is 2. The van der Waals surface area contributed by atoms with Crippen LogP contribution in [0.25, 0.3) is 0 Å². The zero-order valence-corrected chi connectivity index (χ0v) is 16.1. The number of halogens is 2. The van der Waals surface area contributed by atoms with E-state index in [-0.39, 0.29) is 51.0 Å². The van der Waals surface area contributed by atoms with Crippen molar-refractivity contribution in [3.05, 3.63) is 24.3 Å². The fourth-order valence-electron chi connectivity index (χ4n) is 4.50. The molecule has 0 aromatic heterocycles. The fraction of sp³-hybridized carbons (Fsp3) is 0.471. The van der Waals surface area contributed by atoms with Crippen LogP contribution in [-0.4, -0.2) is 27.4 Å². The molecule has 3 fully saturated rings. The average Bonchev–Trinajstić information content (AvgIpc) is 3.13. The smallest absolute Gasteiger partial charge is 0.238 e. The van der Waals surface area contributed by atoms with Crippen LogP contribution in [0.15, 0.2) is 24.3 Å². The Labute approximate surface area is 156 Å². The second-order valence-electron chi connectivity index (χ2n) is 6.74. The topological polar surface area (TPSA) is 66.5 Å². The van der Waals surface area contributed by atoms with Crippen LogP contribution in [0, 0.1) is 23.7 Å². The maximum absolute atomic E-state index is 12.9. The minimum Gasteiger partial charge on any atom is -0.326 e. The highest BCUT2D eigenvalue weighted by Gasteiger charge is 2.66. The molecule has 2 bridgehead atoms. The molecule has 2 saturated carbocycles. The quantitative estimate of drug-likeness (QED) is 0.550. The van der Waals surface area contributed by atoms with E-state index in [0.29, 0.717) is 11.4 Å². The van der Waals surface area contributed by atoms with Gasteiger partial charge in [-0.2, -0.15) is 0 Å². The number of rotatable bonds is 2. The van der Waals surface area contributed by atoms with E-state index >= 15 is 0 Å². The van der Waals surface area contributed by atoms with Gasteiger partial charge in [-0.15, -0.1) is 0 Å². The zero-order chi connectivity index (χ0) is 17.2. The number of benzene rings is 1. The lowest BCUT2D eigenvalue weighted by Crippen LogP contribution is -2.37. The third-order valence-electron chi connectivity index (χ3n) is 5.43. The van der Waals surface area contributed by atoms with E-state index in [1.165, 1.54) is 11.8 Å². The molecule has 1 heterocycles. The number of imide groups is 1. The van der Waals surface area contributed by atoms with E-state index in [4.69, 9.17) is 0 Å². The Hall–Kier alpha value is -1.21. The summed E-state index contributed by atoms with van der Waals surface area (Å²) in [6.07, 6.45) is 0.925. The third-order valence-corrected chi connectivity index (χ3v) is 8.64. The van der Waals surface area contributed by atoms with Crippen LogP contribution < -0.4 is 10.2 Å². The molecule has 7 heteroatoms. The summed E-state index contributed by atoms with van der Waals surface area (Å²) in [4.78, 5) is 38.7. The van der Waals surface area contributed by atoms with Gasteiger partial charge in [-0.05, 0) is 42.5 Å². The Morgan fingerprint density at radius 3 is 2.00 bits per heavy atom. The van der Waals surface area contributed by atoms with E-state index in [9.17, 15) is 14.4 Å². The molecule has 5 nitrogen and oxygen atoms in total. The molecule has 1 aliphatic heterocycles. The second-order valence-corrected chi connectivity index (χ2v) is 8.86. The van der Waals surface area contributed by atoms with Crippen molar-refractivity contribution in [2.45, 2.75) is 23.0 Å². The van der Waals surface area contributed by atoms with E-state index < -0.39 is 0 Å². The van der Waals surface area contributed by atoms with Gasteiger partial charge < -0.3 is 5.32 Å². The number of carbonyl (C=O) groups excluding carboxylic acids is 3. The molecular formula is C17H16Br2N2O3. The number of nitrogens with zero attached hydrogens (tertiary/aromatic N) is 1. The van der Waals surface area contributed by atoms with Crippen LogP contribution in [0.2, 0.25) is 0 Å². The molecule has 24 heavy (non-hydrogen) atoms.